The first-order chi connectivity index (χ1) is 6.70. The second-order valence-electron chi connectivity index (χ2n) is 3.50. The van der Waals surface area contributed by atoms with Crippen molar-refractivity contribution in [3.8, 4) is 0 Å². The quantitative estimate of drug-likeness (QED) is 0.712. The normalized spacial score (nSPS) is 11.9. The highest BCUT2D eigenvalue weighted by molar-refractivity contribution is 5.15. The molecule has 0 aliphatic heterocycles. The van der Waals surface area contributed by atoms with Crippen molar-refractivity contribution >= 4 is 0 Å². The molecule has 0 spiro atoms. The van der Waals surface area contributed by atoms with Crippen LogP contribution in [0.3, 0.4) is 0 Å². The van der Waals surface area contributed by atoms with Crippen LogP contribution in [0.1, 0.15) is 26.3 Å². The fourth-order valence-corrected chi connectivity index (χ4v) is 1.14. The first-order valence-electron chi connectivity index (χ1n) is 5.40. The van der Waals surface area contributed by atoms with Gasteiger partial charge in [0.05, 0.1) is 0 Å². The molecule has 0 N–H and O–H groups in total. The van der Waals surface area contributed by atoms with Gasteiger partial charge in [-0.05, 0) is 33.0 Å². The van der Waals surface area contributed by atoms with Crippen LogP contribution >= 0.6 is 0 Å². The van der Waals surface area contributed by atoms with Gasteiger partial charge in [-0.1, -0.05) is 44.2 Å². The van der Waals surface area contributed by atoms with Crippen molar-refractivity contribution in [2.24, 2.45) is 0 Å². The minimum absolute atomic E-state index is 0.618. The highest BCUT2D eigenvalue weighted by Gasteiger charge is 2.04. The molecule has 0 unspecified atom stereocenters. The Kier molecular flexibility index (Phi) is 7.13. The van der Waals surface area contributed by atoms with Gasteiger partial charge in [0.1, 0.15) is 0 Å². The minimum Gasteiger partial charge on any atom is -0.306 e. The molecule has 0 heterocycles. The van der Waals surface area contributed by atoms with Crippen LogP contribution in [0.25, 0.3) is 0 Å². The average molecular weight is 193 g/mol. The first kappa shape index (κ1) is 13.2. The van der Waals surface area contributed by atoms with Crippen LogP contribution in [0.2, 0.25) is 0 Å². The molecule has 0 aliphatic rings. The molecule has 0 aliphatic carbocycles. The van der Waals surface area contributed by atoms with Crippen molar-refractivity contribution in [3.05, 3.63) is 35.9 Å². The van der Waals surface area contributed by atoms with Gasteiger partial charge >= 0.3 is 0 Å². The van der Waals surface area contributed by atoms with E-state index >= 15 is 0 Å². The Bertz CT molecular complexity index is 216. The SMILES string of the molecule is CC.C[C@H](Cc1ccccc1)N(C)C. The Labute approximate surface area is 88.8 Å². The lowest BCUT2D eigenvalue weighted by Crippen LogP contribution is -2.26. The molecule has 1 aromatic rings. The molecule has 0 amide bonds. The van der Waals surface area contributed by atoms with E-state index < -0.39 is 0 Å². The zero-order valence-corrected chi connectivity index (χ0v) is 10.1. The number of likely N-dealkylation sites (N-methyl/N-ethyl adjacent to an activating group) is 1. The molecule has 1 aromatic carbocycles. The van der Waals surface area contributed by atoms with Crippen LogP contribution in [0.5, 0.6) is 0 Å². The third-order valence-electron chi connectivity index (χ3n) is 2.26. The molecule has 0 fully saturated rings. The standard InChI is InChI=1S/C11H17N.C2H6/c1-10(12(2)3)9-11-7-5-4-6-8-11;1-2/h4-8,10H,9H2,1-3H3;1-2H3/t10-;/m1./s1. The molecule has 1 nitrogen and oxygen atoms in total. The van der Waals surface area contributed by atoms with Gasteiger partial charge in [0, 0.05) is 6.04 Å². The van der Waals surface area contributed by atoms with Gasteiger partial charge in [0.15, 0.2) is 0 Å². The van der Waals surface area contributed by atoms with E-state index in [-0.39, 0.29) is 0 Å². The predicted molar refractivity (Wildman–Crippen MR) is 64.6 cm³/mol. The van der Waals surface area contributed by atoms with Crippen LogP contribution in [0.4, 0.5) is 0 Å². The minimum atomic E-state index is 0.618. The summed E-state index contributed by atoms with van der Waals surface area (Å²) in [5, 5.41) is 0. The van der Waals surface area contributed by atoms with Gasteiger partial charge in [-0.3, -0.25) is 0 Å². The Balaban J connectivity index is 0.000000791. The van der Waals surface area contributed by atoms with Gasteiger partial charge in [0.2, 0.25) is 0 Å². The van der Waals surface area contributed by atoms with Crippen molar-refractivity contribution < 1.29 is 0 Å². The zero-order chi connectivity index (χ0) is 11.0. The summed E-state index contributed by atoms with van der Waals surface area (Å²) in [4.78, 5) is 2.24. The van der Waals surface area contributed by atoms with Gasteiger partial charge in [-0.15, -0.1) is 0 Å². The van der Waals surface area contributed by atoms with E-state index in [0.29, 0.717) is 6.04 Å². The van der Waals surface area contributed by atoms with Crippen LogP contribution in [0, 0.1) is 0 Å². The van der Waals surface area contributed by atoms with E-state index in [1.54, 1.807) is 0 Å². The van der Waals surface area contributed by atoms with Gasteiger partial charge in [-0.25, -0.2) is 0 Å². The molecule has 0 bridgehead atoms. The monoisotopic (exact) mass is 193 g/mol. The van der Waals surface area contributed by atoms with Crippen molar-refractivity contribution in [2.45, 2.75) is 33.2 Å². The zero-order valence-electron chi connectivity index (χ0n) is 10.1. The lowest BCUT2D eigenvalue weighted by Gasteiger charge is -2.19. The maximum atomic E-state index is 2.24. The molecule has 0 aromatic heterocycles. The van der Waals surface area contributed by atoms with E-state index in [0.717, 1.165) is 6.42 Å². The van der Waals surface area contributed by atoms with E-state index in [1.165, 1.54) is 5.56 Å². The molecule has 1 atom stereocenters. The highest BCUT2D eigenvalue weighted by atomic mass is 15.1. The van der Waals surface area contributed by atoms with Crippen molar-refractivity contribution in [2.75, 3.05) is 14.1 Å². The second-order valence-corrected chi connectivity index (χ2v) is 3.50. The highest BCUT2D eigenvalue weighted by Crippen LogP contribution is 2.05. The lowest BCUT2D eigenvalue weighted by atomic mass is 10.1. The number of rotatable bonds is 3. The summed E-state index contributed by atoms with van der Waals surface area (Å²) in [5.41, 5.74) is 1.42. The average Bonchev–Trinajstić information content (AvgIpc) is 2.22. The molecule has 0 saturated heterocycles. The summed E-state index contributed by atoms with van der Waals surface area (Å²) in [6, 6.07) is 11.2. The second kappa shape index (κ2) is 7.57. The third kappa shape index (κ3) is 5.03. The summed E-state index contributed by atoms with van der Waals surface area (Å²) >= 11 is 0. The smallest absolute Gasteiger partial charge is 0.0101 e. The first-order valence-corrected chi connectivity index (χ1v) is 5.40. The van der Waals surface area contributed by atoms with Crippen LogP contribution in [0.15, 0.2) is 30.3 Å². The molecule has 0 radical (unpaired) electrons. The maximum Gasteiger partial charge on any atom is 0.0101 e. The summed E-state index contributed by atoms with van der Waals surface area (Å²) < 4.78 is 0. The van der Waals surface area contributed by atoms with Crippen LogP contribution in [-0.4, -0.2) is 25.0 Å². The Morgan fingerprint density at radius 1 is 1.07 bits per heavy atom. The Hall–Kier alpha value is -0.820. The topological polar surface area (TPSA) is 3.24 Å². The van der Waals surface area contributed by atoms with Gasteiger partial charge in [0.25, 0.3) is 0 Å². The predicted octanol–water partition coefficient (Wildman–Crippen LogP) is 3.21. The van der Waals surface area contributed by atoms with Gasteiger partial charge < -0.3 is 4.90 Å². The fraction of sp³-hybridized carbons (Fsp3) is 0.538. The van der Waals surface area contributed by atoms with Crippen molar-refractivity contribution in [3.63, 3.8) is 0 Å². The molecule has 0 saturated carbocycles. The maximum absolute atomic E-state index is 2.24. The molecule has 1 heteroatoms. The molecular weight excluding hydrogens is 170 g/mol. The summed E-state index contributed by atoms with van der Waals surface area (Å²) in [6.07, 6.45) is 1.13. The third-order valence-corrected chi connectivity index (χ3v) is 2.26. The summed E-state index contributed by atoms with van der Waals surface area (Å²) in [5.74, 6) is 0. The fourth-order valence-electron chi connectivity index (χ4n) is 1.14. The summed E-state index contributed by atoms with van der Waals surface area (Å²) in [7, 11) is 4.24. The molecule has 80 valence electrons. The van der Waals surface area contributed by atoms with Crippen molar-refractivity contribution in [1.82, 2.24) is 4.90 Å². The van der Waals surface area contributed by atoms with Crippen molar-refractivity contribution in [1.29, 1.82) is 0 Å². The number of hydrogen-bond acceptors (Lipinski definition) is 1. The van der Waals surface area contributed by atoms with E-state index in [4.69, 9.17) is 0 Å². The number of benzene rings is 1. The largest absolute Gasteiger partial charge is 0.306 e. The van der Waals surface area contributed by atoms with Crippen LogP contribution in [-0.2, 0) is 6.42 Å². The van der Waals surface area contributed by atoms with Crippen LogP contribution < -0.4 is 0 Å². The summed E-state index contributed by atoms with van der Waals surface area (Å²) in [6.45, 7) is 6.24. The molecule has 14 heavy (non-hydrogen) atoms. The molecule has 1 rings (SSSR count). The van der Waals surface area contributed by atoms with Gasteiger partial charge in [-0.2, -0.15) is 0 Å². The Morgan fingerprint density at radius 3 is 2.00 bits per heavy atom. The van der Waals surface area contributed by atoms with E-state index in [1.807, 2.05) is 13.8 Å². The van der Waals surface area contributed by atoms with E-state index in [2.05, 4.69) is 56.3 Å². The lowest BCUT2D eigenvalue weighted by molar-refractivity contribution is 0.312. The number of hydrogen-bond donors (Lipinski definition) is 0. The van der Waals surface area contributed by atoms with E-state index in [9.17, 15) is 0 Å². The Morgan fingerprint density at radius 2 is 1.57 bits per heavy atom. The number of nitrogens with zero attached hydrogens (tertiary/aromatic N) is 1. The molecular formula is C13H23N.